The third-order valence-corrected chi connectivity index (χ3v) is 3.14. The van der Waals surface area contributed by atoms with Gasteiger partial charge in [-0.1, -0.05) is 11.8 Å². The number of carboxylic acid groups (broad SMARTS) is 1. The van der Waals surface area contributed by atoms with Crippen molar-refractivity contribution in [3.05, 3.63) is 41.9 Å². The van der Waals surface area contributed by atoms with Crippen molar-refractivity contribution in [2.75, 3.05) is 5.75 Å². The average molecular weight is 294 g/mol. The number of carbonyl (C=O) groups excluding carboxylic acids is 2. The first-order chi connectivity index (χ1) is 9.56. The number of hydrogen-bond acceptors (Lipinski definition) is 5. The zero-order chi connectivity index (χ0) is 14.5. The Bertz CT molecular complexity index is 632. The number of H-pyrrole nitrogens is 1. The molecule has 7 nitrogen and oxygen atoms in total. The first kappa shape index (κ1) is 13.9. The smallest absolute Gasteiger partial charge is 0.371 e. The Hall–Kier alpha value is -2.48. The fraction of sp³-hybridized carbons (Fsp3) is 0.0833. The zero-order valence-electron chi connectivity index (χ0n) is 10.1. The SMILES string of the molecule is O=C(CSc1ccc(C(=O)O)o1)NC(=O)c1ccc[nH]1. The summed E-state index contributed by atoms with van der Waals surface area (Å²) in [6.07, 6.45) is 1.57. The third-order valence-electron chi connectivity index (χ3n) is 2.23. The molecule has 0 aliphatic rings. The molecule has 0 aliphatic heterocycles. The summed E-state index contributed by atoms with van der Waals surface area (Å²) in [5, 5.41) is 11.2. The van der Waals surface area contributed by atoms with E-state index >= 15 is 0 Å². The van der Waals surface area contributed by atoms with Gasteiger partial charge in [0.25, 0.3) is 5.91 Å². The summed E-state index contributed by atoms with van der Waals surface area (Å²) in [4.78, 5) is 36.4. The number of aromatic amines is 1. The molecule has 3 N–H and O–H groups in total. The van der Waals surface area contributed by atoms with Crippen molar-refractivity contribution in [1.82, 2.24) is 10.3 Å². The molecule has 104 valence electrons. The minimum atomic E-state index is -1.18. The number of hydrogen-bond donors (Lipinski definition) is 3. The van der Waals surface area contributed by atoms with Crippen LogP contribution in [-0.4, -0.2) is 33.6 Å². The summed E-state index contributed by atoms with van der Waals surface area (Å²) in [6, 6.07) is 5.94. The van der Waals surface area contributed by atoms with Crippen molar-refractivity contribution in [3.63, 3.8) is 0 Å². The highest BCUT2D eigenvalue weighted by Crippen LogP contribution is 2.20. The Balaban J connectivity index is 1.83. The van der Waals surface area contributed by atoms with E-state index < -0.39 is 17.8 Å². The van der Waals surface area contributed by atoms with Crippen LogP contribution in [-0.2, 0) is 4.79 Å². The molecule has 2 heterocycles. The molecule has 0 unspecified atom stereocenters. The van der Waals surface area contributed by atoms with Gasteiger partial charge in [0.05, 0.1) is 5.75 Å². The molecule has 0 fully saturated rings. The van der Waals surface area contributed by atoms with E-state index in [4.69, 9.17) is 9.52 Å². The van der Waals surface area contributed by atoms with Crippen LogP contribution in [0.5, 0.6) is 0 Å². The lowest BCUT2D eigenvalue weighted by molar-refractivity contribution is -0.117. The van der Waals surface area contributed by atoms with Gasteiger partial charge in [0.1, 0.15) is 5.69 Å². The van der Waals surface area contributed by atoms with Gasteiger partial charge in [0.2, 0.25) is 11.7 Å². The molecule has 2 amide bonds. The first-order valence-corrected chi connectivity index (χ1v) is 6.48. The molecule has 0 spiro atoms. The standard InChI is InChI=1S/C12H10N2O5S/c15-9(14-11(16)7-2-1-5-13-7)6-20-10-4-3-8(19-10)12(17)18/h1-5,13H,6H2,(H,17,18)(H,14,15,16). The van der Waals surface area contributed by atoms with Gasteiger partial charge in [-0.15, -0.1) is 0 Å². The van der Waals surface area contributed by atoms with Crippen LogP contribution < -0.4 is 5.32 Å². The molecule has 0 radical (unpaired) electrons. The number of imide groups is 1. The third kappa shape index (κ3) is 3.51. The fourth-order valence-electron chi connectivity index (χ4n) is 1.35. The molecule has 2 aromatic heterocycles. The summed E-state index contributed by atoms with van der Waals surface area (Å²) >= 11 is 1.00. The minimum Gasteiger partial charge on any atom is -0.475 e. The van der Waals surface area contributed by atoms with Crippen molar-refractivity contribution in [3.8, 4) is 0 Å². The topological polar surface area (TPSA) is 112 Å². The van der Waals surface area contributed by atoms with Crippen LogP contribution in [0.4, 0.5) is 0 Å². The highest BCUT2D eigenvalue weighted by Gasteiger charge is 2.13. The number of amides is 2. The number of aromatic carboxylic acids is 1. The van der Waals surface area contributed by atoms with Crippen molar-refractivity contribution >= 4 is 29.5 Å². The van der Waals surface area contributed by atoms with E-state index in [0.29, 0.717) is 5.09 Å². The highest BCUT2D eigenvalue weighted by atomic mass is 32.2. The maximum Gasteiger partial charge on any atom is 0.371 e. The number of carbonyl (C=O) groups is 3. The Morgan fingerprint density at radius 2 is 2.10 bits per heavy atom. The van der Waals surface area contributed by atoms with E-state index in [1.54, 1.807) is 18.3 Å². The van der Waals surface area contributed by atoms with E-state index in [-0.39, 0.29) is 17.2 Å². The van der Waals surface area contributed by atoms with Gasteiger partial charge in [-0.05, 0) is 24.3 Å². The molecular formula is C12H10N2O5S. The Morgan fingerprint density at radius 3 is 2.70 bits per heavy atom. The molecule has 0 saturated heterocycles. The summed E-state index contributed by atoms with van der Waals surface area (Å²) in [5.74, 6) is -2.45. The van der Waals surface area contributed by atoms with Gasteiger partial charge in [-0.3, -0.25) is 14.9 Å². The number of furan rings is 1. The van der Waals surface area contributed by atoms with Gasteiger partial charge in [-0.25, -0.2) is 4.79 Å². The second-order valence-corrected chi connectivity index (χ2v) is 4.65. The molecule has 20 heavy (non-hydrogen) atoms. The van der Waals surface area contributed by atoms with Crippen molar-refractivity contribution in [1.29, 1.82) is 0 Å². The fourth-order valence-corrected chi connectivity index (χ4v) is 2.01. The molecule has 0 saturated carbocycles. The first-order valence-electron chi connectivity index (χ1n) is 5.50. The molecule has 0 atom stereocenters. The lowest BCUT2D eigenvalue weighted by Crippen LogP contribution is -2.31. The Labute approximate surface area is 117 Å². The normalized spacial score (nSPS) is 10.2. The zero-order valence-corrected chi connectivity index (χ0v) is 10.9. The molecule has 0 aromatic carbocycles. The number of rotatable bonds is 5. The summed E-state index contributed by atoms with van der Waals surface area (Å²) < 4.78 is 4.97. The number of aromatic nitrogens is 1. The highest BCUT2D eigenvalue weighted by molar-refractivity contribution is 7.99. The van der Waals surface area contributed by atoms with Gasteiger partial charge in [-0.2, -0.15) is 0 Å². The lowest BCUT2D eigenvalue weighted by atomic mass is 10.4. The van der Waals surface area contributed by atoms with Crippen LogP contribution in [0.2, 0.25) is 0 Å². The molecule has 0 bridgehead atoms. The molecule has 8 heteroatoms. The van der Waals surface area contributed by atoms with Gasteiger partial charge >= 0.3 is 5.97 Å². The van der Waals surface area contributed by atoms with Crippen LogP contribution in [0.25, 0.3) is 0 Å². The van der Waals surface area contributed by atoms with Crippen molar-refractivity contribution in [2.24, 2.45) is 0 Å². The largest absolute Gasteiger partial charge is 0.475 e. The van der Waals surface area contributed by atoms with Crippen LogP contribution in [0.15, 0.2) is 40.0 Å². The van der Waals surface area contributed by atoms with E-state index in [9.17, 15) is 14.4 Å². The molecular weight excluding hydrogens is 284 g/mol. The second kappa shape index (κ2) is 6.11. The van der Waals surface area contributed by atoms with E-state index in [2.05, 4.69) is 10.3 Å². The van der Waals surface area contributed by atoms with Crippen molar-refractivity contribution < 1.29 is 23.9 Å². The van der Waals surface area contributed by atoms with Crippen LogP contribution >= 0.6 is 11.8 Å². The molecule has 0 aliphatic carbocycles. The van der Waals surface area contributed by atoms with Gasteiger partial charge in [0, 0.05) is 6.20 Å². The maximum atomic E-state index is 11.5. The van der Waals surface area contributed by atoms with E-state index in [1.807, 2.05) is 0 Å². The average Bonchev–Trinajstić information content (AvgIpc) is 3.07. The van der Waals surface area contributed by atoms with E-state index in [1.165, 1.54) is 12.1 Å². The summed E-state index contributed by atoms with van der Waals surface area (Å²) in [6.45, 7) is 0. The quantitative estimate of drug-likeness (QED) is 0.718. The van der Waals surface area contributed by atoms with Crippen LogP contribution in [0, 0.1) is 0 Å². The van der Waals surface area contributed by atoms with E-state index in [0.717, 1.165) is 11.8 Å². The predicted octanol–water partition coefficient (Wildman–Crippen LogP) is 1.35. The summed E-state index contributed by atoms with van der Waals surface area (Å²) in [7, 11) is 0. The van der Waals surface area contributed by atoms with Crippen LogP contribution in [0.1, 0.15) is 21.0 Å². The molecule has 2 aromatic rings. The lowest BCUT2D eigenvalue weighted by Gasteiger charge is -2.01. The predicted molar refractivity (Wildman–Crippen MR) is 69.7 cm³/mol. The number of carboxylic acids is 1. The minimum absolute atomic E-state index is 0.0565. The van der Waals surface area contributed by atoms with Gasteiger partial charge < -0.3 is 14.5 Å². The Morgan fingerprint density at radius 1 is 1.30 bits per heavy atom. The monoisotopic (exact) mass is 294 g/mol. The Kier molecular flexibility index (Phi) is 4.26. The number of thioether (sulfide) groups is 1. The van der Waals surface area contributed by atoms with Crippen molar-refractivity contribution in [2.45, 2.75) is 5.09 Å². The number of nitrogens with one attached hydrogen (secondary N) is 2. The van der Waals surface area contributed by atoms with Gasteiger partial charge in [0.15, 0.2) is 5.09 Å². The summed E-state index contributed by atoms with van der Waals surface area (Å²) in [5.41, 5.74) is 0.287. The van der Waals surface area contributed by atoms with Crippen LogP contribution in [0.3, 0.4) is 0 Å². The molecule has 2 rings (SSSR count). The second-order valence-electron chi connectivity index (χ2n) is 3.67. The maximum absolute atomic E-state index is 11.5.